The van der Waals surface area contributed by atoms with Gasteiger partial charge in [0.05, 0.1) is 31.3 Å². The minimum atomic E-state index is -4.53. The first-order chi connectivity index (χ1) is 19.1. The average molecular weight is 554 g/mol. The van der Waals surface area contributed by atoms with Crippen LogP contribution in [0.25, 0.3) is 17.1 Å². The fraction of sp³-hybridized carbons (Fsp3) is 0.333. The lowest BCUT2D eigenvalue weighted by molar-refractivity contribution is -0.141. The zero-order valence-electron chi connectivity index (χ0n) is 22.2. The lowest BCUT2D eigenvalue weighted by atomic mass is 10.1. The van der Waals surface area contributed by atoms with Crippen molar-refractivity contribution in [1.82, 2.24) is 29.7 Å². The topological polar surface area (TPSA) is 117 Å². The largest absolute Gasteiger partial charge is 0.480 e. The number of hydrogen-bond acceptors (Lipinski definition) is 9. The smallest absolute Gasteiger partial charge is 0.435 e. The monoisotopic (exact) mass is 553 g/mol. The second-order valence-corrected chi connectivity index (χ2v) is 9.37. The SMILES string of the molecule is COC(=O)c1c(C)nc(-c2c(OC)ncnc2C2CC2)nc1NCc1ccc(-n2nc(C(F)(F)F)cc2C)cc1. The number of halogens is 3. The number of hydrogen-bond donors (Lipinski definition) is 1. The van der Waals surface area contributed by atoms with Gasteiger partial charge >= 0.3 is 12.1 Å². The number of carbonyl (C=O) groups is 1. The zero-order valence-corrected chi connectivity index (χ0v) is 22.2. The van der Waals surface area contributed by atoms with Gasteiger partial charge < -0.3 is 14.8 Å². The molecule has 0 bridgehead atoms. The van der Waals surface area contributed by atoms with E-state index in [0.29, 0.717) is 34.3 Å². The van der Waals surface area contributed by atoms with E-state index >= 15 is 0 Å². The highest BCUT2D eigenvalue weighted by Gasteiger charge is 2.35. The van der Waals surface area contributed by atoms with Gasteiger partial charge in [-0.15, -0.1) is 0 Å². The van der Waals surface area contributed by atoms with Crippen molar-refractivity contribution in [1.29, 1.82) is 0 Å². The molecule has 0 radical (unpaired) electrons. The number of methoxy groups -OCH3 is 2. The number of rotatable bonds is 8. The Labute approximate surface area is 227 Å². The van der Waals surface area contributed by atoms with Crippen molar-refractivity contribution in [2.45, 2.75) is 45.3 Å². The number of alkyl halides is 3. The van der Waals surface area contributed by atoms with Crippen molar-refractivity contribution in [3.05, 3.63) is 70.6 Å². The lowest BCUT2D eigenvalue weighted by Gasteiger charge is -2.16. The molecule has 3 heterocycles. The highest BCUT2D eigenvalue weighted by Crippen LogP contribution is 2.45. The standard InChI is InChI=1S/C27H26F3N7O3/c1-14-11-19(27(28,29)30)36-37(14)18-9-5-16(6-10-18)12-31-23-20(26(38)40-4)15(2)34-24(35-23)21-22(17-7-8-17)32-13-33-25(21)39-3/h5-6,9-11,13,17H,7-8,12H2,1-4H3,(H,31,34,35). The van der Waals surface area contributed by atoms with Crippen molar-refractivity contribution in [2.24, 2.45) is 0 Å². The predicted molar refractivity (Wildman–Crippen MR) is 138 cm³/mol. The predicted octanol–water partition coefficient (Wildman–Crippen LogP) is 5.04. The maximum Gasteiger partial charge on any atom is 0.435 e. The molecule has 5 rings (SSSR count). The quantitative estimate of drug-likeness (QED) is 0.300. The van der Waals surface area contributed by atoms with E-state index in [1.54, 1.807) is 38.1 Å². The Hall–Kier alpha value is -4.55. The fourth-order valence-corrected chi connectivity index (χ4v) is 4.39. The molecule has 1 aromatic carbocycles. The molecule has 10 nitrogen and oxygen atoms in total. The first-order valence-corrected chi connectivity index (χ1v) is 12.4. The van der Waals surface area contributed by atoms with Crippen LogP contribution in [0.1, 0.15) is 57.5 Å². The summed E-state index contributed by atoms with van der Waals surface area (Å²) in [5, 5.41) is 6.88. The van der Waals surface area contributed by atoms with Gasteiger partial charge in [0.1, 0.15) is 23.3 Å². The zero-order chi connectivity index (χ0) is 28.6. The number of esters is 1. The lowest BCUT2D eigenvalue weighted by Crippen LogP contribution is -2.15. The third-order valence-electron chi connectivity index (χ3n) is 6.52. The molecule has 0 atom stereocenters. The molecule has 1 aliphatic carbocycles. The van der Waals surface area contributed by atoms with Gasteiger partial charge in [0.15, 0.2) is 11.5 Å². The second-order valence-electron chi connectivity index (χ2n) is 9.37. The molecule has 0 amide bonds. The molecule has 40 heavy (non-hydrogen) atoms. The molecule has 0 spiro atoms. The summed E-state index contributed by atoms with van der Waals surface area (Å²) in [6.45, 7) is 3.50. The van der Waals surface area contributed by atoms with E-state index in [4.69, 9.17) is 9.47 Å². The molecule has 0 aliphatic heterocycles. The van der Waals surface area contributed by atoms with Gasteiger partial charge in [-0.3, -0.25) is 0 Å². The number of aromatic nitrogens is 6. The van der Waals surface area contributed by atoms with Crippen LogP contribution in [0.2, 0.25) is 0 Å². The number of benzene rings is 1. The summed E-state index contributed by atoms with van der Waals surface area (Å²) in [6, 6.07) is 7.85. The van der Waals surface area contributed by atoms with Crippen LogP contribution >= 0.6 is 0 Å². The highest BCUT2D eigenvalue weighted by atomic mass is 19.4. The van der Waals surface area contributed by atoms with Crippen LogP contribution in [-0.4, -0.2) is 49.9 Å². The Kier molecular flexibility index (Phi) is 7.13. The van der Waals surface area contributed by atoms with Crippen LogP contribution in [0.4, 0.5) is 19.0 Å². The number of nitrogens with zero attached hydrogens (tertiary/aromatic N) is 6. The summed E-state index contributed by atoms with van der Waals surface area (Å²) >= 11 is 0. The molecule has 13 heteroatoms. The fourth-order valence-electron chi connectivity index (χ4n) is 4.39. The Morgan fingerprint density at radius 3 is 2.42 bits per heavy atom. The first-order valence-electron chi connectivity index (χ1n) is 12.4. The van der Waals surface area contributed by atoms with E-state index < -0.39 is 17.8 Å². The third-order valence-corrected chi connectivity index (χ3v) is 6.52. The van der Waals surface area contributed by atoms with Gasteiger partial charge in [-0.1, -0.05) is 12.1 Å². The molecule has 1 N–H and O–H groups in total. The molecule has 1 aliphatic rings. The third kappa shape index (κ3) is 5.31. The molecular formula is C27H26F3N7O3. The van der Waals surface area contributed by atoms with E-state index in [-0.39, 0.29) is 23.8 Å². The molecule has 0 unspecified atom stereocenters. The minimum absolute atomic E-state index is 0.179. The maximum absolute atomic E-state index is 13.1. The van der Waals surface area contributed by atoms with Crippen LogP contribution < -0.4 is 10.1 Å². The van der Waals surface area contributed by atoms with E-state index in [2.05, 4.69) is 30.4 Å². The molecule has 4 aromatic rings. The molecular weight excluding hydrogens is 527 g/mol. The number of ether oxygens (including phenoxy) is 2. The summed E-state index contributed by atoms with van der Waals surface area (Å²) in [5.74, 6) is 0.568. The van der Waals surface area contributed by atoms with E-state index in [9.17, 15) is 18.0 Å². The molecule has 1 fully saturated rings. The minimum Gasteiger partial charge on any atom is -0.480 e. The molecule has 0 saturated heterocycles. The summed E-state index contributed by atoms with van der Waals surface area (Å²) < 4.78 is 50.9. The molecule has 3 aromatic heterocycles. The number of anilines is 1. The van der Waals surface area contributed by atoms with Crippen LogP contribution in [-0.2, 0) is 17.5 Å². The van der Waals surface area contributed by atoms with Crippen molar-refractivity contribution in [2.75, 3.05) is 19.5 Å². The van der Waals surface area contributed by atoms with Crippen molar-refractivity contribution >= 4 is 11.8 Å². The Balaban J connectivity index is 1.45. The normalized spacial score (nSPS) is 13.3. The van der Waals surface area contributed by atoms with Crippen LogP contribution in [0.15, 0.2) is 36.7 Å². The van der Waals surface area contributed by atoms with Gasteiger partial charge in [-0.05, 0) is 50.5 Å². The van der Waals surface area contributed by atoms with Crippen LogP contribution in [0, 0.1) is 13.8 Å². The van der Waals surface area contributed by atoms with Gasteiger partial charge in [0, 0.05) is 18.2 Å². The number of aryl methyl sites for hydroxylation is 2. The van der Waals surface area contributed by atoms with E-state index in [1.165, 1.54) is 25.2 Å². The van der Waals surface area contributed by atoms with Gasteiger partial charge in [0.2, 0.25) is 5.88 Å². The summed E-state index contributed by atoms with van der Waals surface area (Å²) in [5.41, 5.74) is 2.62. The molecule has 208 valence electrons. The Morgan fingerprint density at radius 1 is 1.10 bits per heavy atom. The van der Waals surface area contributed by atoms with E-state index in [1.807, 2.05) is 0 Å². The van der Waals surface area contributed by atoms with Gasteiger partial charge in [0.25, 0.3) is 0 Å². The van der Waals surface area contributed by atoms with Crippen LogP contribution in [0.3, 0.4) is 0 Å². The summed E-state index contributed by atoms with van der Waals surface area (Å²) in [6.07, 6.45) is -1.10. The van der Waals surface area contributed by atoms with Gasteiger partial charge in [-0.2, -0.15) is 18.3 Å². The van der Waals surface area contributed by atoms with E-state index in [0.717, 1.165) is 30.2 Å². The number of carbonyl (C=O) groups excluding carboxylic acids is 1. The van der Waals surface area contributed by atoms with Gasteiger partial charge in [-0.25, -0.2) is 29.4 Å². The highest BCUT2D eigenvalue weighted by molar-refractivity contribution is 5.96. The summed E-state index contributed by atoms with van der Waals surface area (Å²) in [7, 11) is 2.79. The van der Waals surface area contributed by atoms with Crippen molar-refractivity contribution in [3.8, 4) is 23.0 Å². The molecule has 1 saturated carbocycles. The van der Waals surface area contributed by atoms with Crippen molar-refractivity contribution < 1.29 is 27.4 Å². The van der Waals surface area contributed by atoms with Crippen LogP contribution in [0.5, 0.6) is 5.88 Å². The average Bonchev–Trinajstić information content (AvgIpc) is 3.71. The summed E-state index contributed by atoms with van der Waals surface area (Å²) in [4.78, 5) is 30.6. The first kappa shape index (κ1) is 27.0. The maximum atomic E-state index is 13.1. The Morgan fingerprint density at radius 2 is 1.82 bits per heavy atom. The van der Waals surface area contributed by atoms with Crippen molar-refractivity contribution in [3.63, 3.8) is 0 Å². The Bertz CT molecular complexity index is 1570. The number of nitrogens with one attached hydrogen (secondary N) is 1. The second kappa shape index (κ2) is 10.5.